The van der Waals surface area contributed by atoms with Crippen LogP contribution in [0.2, 0.25) is 0 Å². The lowest BCUT2D eigenvalue weighted by atomic mass is 10.0. The van der Waals surface area contributed by atoms with Crippen molar-refractivity contribution >= 4 is 23.2 Å². The Morgan fingerprint density at radius 2 is 2.00 bits per heavy atom. The molecule has 1 aliphatic carbocycles. The molecule has 0 saturated carbocycles. The molecular weight excluding hydrogens is 298 g/mol. The van der Waals surface area contributed by atoms with Crippen LogP contribution < -0.4 is 5.32 Å². The molecule has 1 aliphatic rings. The Bertz CT molecular complexity index is 672. The molecule has 1 aromatic heterocycles. The molecular formula is C17H17NO3S. The van der Waals surface area contributed by atoms with Gasteiger partial charge in [-0.2, -0.15) is 0 Å². The Balaban J connectivity index is 1.77. The van der Waals surface area contributed by atoms with E-state index in [-0.39, 0.29) is 12.3 Å². The third-order valence-corrected chi connectivity index (χ3v) is 5.09. The molecule has 114 valence electrons. The van der Waals surface area contributed by atoms with Crippen molar-refractivity contribution in [3.8, 4) is 0 Å². The van der Waals surface area contributed by atoms with Crippen molar-refractivity contribution in [1.82, 2.24) is 5.32 Å². The number of carbonyl (C=O) groups is 2. The standard InChI is InChI=1S/C17H17NO3S/c19-16(20)10-13(11-5-2-1-3-6-11)18-17(21)15-9-12-7-4-8-14(12)22-15/h1-3,5-6,9,13H,4,7-8,10H2,(H,18,21)(H,19,20). The van der Waals surface area contributed by atoms with Gasteiger partial charge in [-0.3, -0.25) is 9.59 Å². The molecule has 0 fully saturated rings. The lowest BCUT2D eigenvalue weighted by Gasteiger charge is -2.17. The Hall–Kier alpha value is -2.14. The second-order valence-electron chi connectivity index (χ2n) is 5.45. The molecule has 4 nitrogen and oxygen atoms in total. The first-order valence-corrected chi connectivity index (χ1v) is 8.14. The summed E-state index contributed by atoms with van der Waals surface area (Å²) in [5.41, 5.74) is 2.08. The average molecular weight is 315 g/mol. The van der Waals surface area contributed by atoms with Gasteiger partial charge in [-0.1, -0.05) is 30.3 Å². The number of amides is 1. The number of fused-ring (bicyclic) bond motifs is 1. The van der Waals surface area contributed by atoms with Crippen molar-refractivity contribution in [3.63, 3.8) is 0 Å². The van der Waals surface area contributed by atoms with Crippen LogP contribution in [0.25, 0.3) is 0 Å². The largest absolute Gasteiger partial charge is 0.481 e. The maximum absolute atomic E-state index is 12.4. The fourth-order valence-electron chi connectivity index (χ4n) is 2.78. The van der Waals surface area contributed by atoms with Gasteiger partial charge in [-0.25, -0.2) is 0 Å². The predicted molar refractivity (Wildman–Crippen MR) is 85.2 cm³/mol. The van der Waals surface area contributed by atoms with E-state index in [1.54, 1.807) is 0 Å². The van der Waals surface area contributed by atoms with E-state index in [2.05, 4.69) is 5.32 Å². The third-order valence-electron chi connectivity index (χ3n) is 3.86. The van der Waals surface area contributed by atoms with Crippen molar-refractivity contribution in [2.45, 2.75) is 31.7 Å². The van der Waals surface area contributed by atoms with E-state index in [1.165, 1.54) is 21.8 Å². The summed E-state index contributed by atoms with van der Waals surface area (Å²) in [4.78, 5) is 25.5. The highest BCUT2D eigenvalue weighted by molar-refractivity contribution is 7.14. The molecule has 1 unspecified atom stereocenters. The minimum absolute atomic E-state index is 0.124. The van der Waals surface area contributed by atoms with E-state index < -0.39 is 12.0 Å². The number of nitrogens with one attached hydrogen (secondary N) is 1. The molecule has 1 amide bonds. The van der Waals surface area contributed by atoms with Crippen LogP contribution in [0.4, 0.5) is 0 Å². The molecule has 0 spiro atoms. The highest BCUT2D eigenvalue weighted by Gasteiger charge is 2.22. The molecule has 22 heavy (non-hydrogen) atoms. The molecule has 3 rings (SSSR count). The van der Waals surface area contributed by atoms with E-state index in [9.17, 15) is 9.59 Å². The molecule has 0 aliphatic heterocycles. The maximum atomic E-state index is 12.4. The SMILES string of the molecule is O=C(O)CC(NC(=O)c1cc2c(s1)CCC2)c1ccccc1. The van der Waals surface area contributed by atoms with Crippen molar-refractivity contribution in [2.24, 2.45) is 0 Å². The second kappa shape index (κ2) is 6.32. The van der Waals surface area contributed by atoms with Crippen LogP contribution >= 0.6 is 11.3 Å². The zero-order valence-electron chi connectivity index (χ0n) is 12.0. The Labute approximate surface area is 132 Å². The molecule has 0 saturated heterocycles. The maximum Gasteiger partial charge on any atom is 0.305 e. The van der Waals surface area contributed by atoms with Crippen LogP contribution in [0.15, 0.2) is 36.4 Å². The van der Waals surface area contributed by atoms with Crippen LogP contribution in [0.3, 0.4) is 0 Å². The molecule has 1 heterocycles. The Morgan fingerprint density at radius 1 is 1.23 bits per heavy atom. The van der Waals surface area contributed by atoms with Gasteiger partial charge in [-0.05, 0) is 36.5 Å². The number of benzene rings is 1. The number of thiophene rings is 1. The Kier molecular flexibility index (Phi) is 4.24. The van der Waals surface area contributed by atoms with Crippen LogP contribution in [0.5, 0.6) is 0 Å². The van der Waals surface area contributed by atoms with Gasteiger partial charge in [0.25, 0.3) is 5.91 Å². The number of carboxylic acids is 1. The van der Waals surface area contributed by atoms with Crippen LogP contribution in [0.1, 0.15) is 44.6 Å². The summed E-state index contributed by atoms with van der Waals surface area (Å²) in [5.74, 6) is -1.11. The lowest BCUT2D eigenvalue weighted by Crippen LogP contribution is -2.29. The van der Waals surface area contributed by atoms with E-state index in [1.807, 2.05) is 36.4 Å². The van der Waals surface area contributed by atoms with Gasteiger partial charge in [-0.15, -0.1) is 11.3 Å². The topological polar surface area (TPSA) is 66.4 Å². The van der Waals surface area contributed by atoms with Gasteiger partial charge in [0.2, 0.25) is 0 Å². The third kappa shape index (κ3) is 3.20. The minimum atomic E-state index is -0.928. The van der Waals surface area contributed by atoms with Crippen LogP contribution in [0, 0.1) is 0 Å². The predicted octanol–water partition coefficient (Wildman–Crippen LogP) is 3.18. The molecule has 5 heteroatoms. The van der Waals surface area contributed by atoms with E-state index in [0.717, 1.165) is 24.8 Å². The second-order valence-corrected chi connectivity index (χ2v) is 6.58. The average Bonchev–Trinajstić information content (AvgIpc) is 3.08. The fraction of sp³-hybridized carbons (Fsp3) is 0.294. The number of carbonyl (C=O) groups excluding carboxylic acids is 1. The zero-order chi connectivity index (χ0) is 15.5. The lowest BCUT2D eigenvalue weighted by molar-refractivity contribution is -0.137. The summed E-state index contributed by atoms with van der Waals surface area (Å²) in [6, 6.07) is 10.7. The van der Waals surface area contributed by atoms with Gasteiger partial charge in [0, 0.05) is 4.88 Å². The smallest absolute Gasteiger partial charge is 0.305 e. The van der Waals surface area contributed by atoms with Gasteiger partial charge in [0.05, 0.1) is 17.3 Å². The van der Waals surface area contributed by atoms with E-state index in [0.29, 0.717) is 4.88 Å². The summed E-state index contributed by atoms with van der Waals surface area (Å²) in [6.45, 7) is 0. The first-order chi connectivity index (χ1) is 10.6. The summed E-state index contributed by atoms with van der Waals surface area (Å²) >= 11 is 1.53. The van der Waals surface area contributed by atoms with Gasteiger partial charge < -0.3 is 10.4 Å². The summed E-state index contributed by atoms with van der Waals surface area (Å²) in [6.07, 6.45) is 3.12. The van der Waals surface area contributed by atoms with Crippen molar-refractivity contribution < 1.29 is 14.7 Å². The van der Waals surface area contributed by atoms with Crippen molar-refractivity contribution in [3.05, 3.63) is 57.3 Å². The quantitative estimate of drug-likeness (QED) is 0.890. The first-order valence-electron chi connectivity index (χ1n) is 7.32. The van der Waals surface area contributed by atoms with Gasteiger partial charge in [0.15, 0.2) is 0 Å². The van der Waals surface area contributed by atoms with Gasteiger partial charge >= 0.3 is 5.97 Å². The molecule has 1 atom stereocenters. The molecule has 0 radical (unpaired) electrons. The number of rotatable bonds is 5. The molecule has 2 aromatic rings. The highest BCUT2D eigenvalue weighted by atomic mass is 32.1. The summed E-state index contributed by atoms with van der Waals surface area (Å²) in [7, 11) is 0. The van der Waals surface area contributed by atoms with Crippen LogP contribution in [-0.2, 0) is 17.6 Å². The molecule has 2 N–H and O–H groups in total. The highest BCUT2D eigenvalue weighted by Crippen LogP contribution is 2.31. The number of carboxylic acid groups (broad SMARTS) is 1. The van der Waals surface area contributed by atoms with Gasteiger partial charge in [0.1, 0.15) is 0 Å². The zero-order valence-corrected chi connectivity index (χ0v) is 12.9. The monoisotopic (exact) mass is 315 g/mol. The Morgan fingerprint density at radius 3 is 2.68 bits per heavy atom. The number of aryl methyl sites for hydroxylation is 2. The number of hydrogen-bond acceptors (Lipinski definition) is 3. The number of aliphatic carboxylic acids is 1. The number of hydrogen-bond donors (Lipinski definition) is 2. The minimum Gasteiger partial charge on any atom is -0.481 e. The van der Waals surface area contributed by atoms with E-state index >= 15 is 0 Å². The molecule has 1 aromatic carbocycles. The summed E-state index contributed by atoms with van der Waals surface area (Å²) < 4.78 is 0. The first kappa shape index (κ1) is 14.8. The van der Waals surface area contributed by atoms with Crippen molar-refractivity contribution in [1.29, 1.82) is 0 Å². The summed E-state index contributed by atoms with van der Waals surface area (Å²) in [5, 5.41) is 11.9. The fourth-order valence-corrected chi connectivity index (χ4v) is 3.94. The molecule has 0 bridgehead atoms. The normalized spacial score (nSPS) is 14.4. The van der Waals surface area contributed by atoms with Crippen LogP contribution in [-0.4, -0.2) is 17.0 Å². The van der Waals surface area contributed by atoms with E-state index in [4.69, 9.17) is 5.11 Å². The van der Waals surface area contributed by atoms with Crippen molar-refractivity contribution in [2.75, 3.05) is 0 Å².